The van der Waals surface area contributed by atoms with Crippen molar-refractivity contribution in [1.82, 2.24) is 0 Å². The summed E-state index contributed by atoms with van der Waals surface area (Å²) in [5.41, 5.74) is 2.17. The molecule has 0 amide bonds. The topological polar surface area (TPSA) is 82.3 Å². The number of nitrogens with zero attached hydrogens (tertiary/aromatic N) is 2. The Balaban J connectivity index is 1.64. The Labute approximate surface area is 182 Å². The number of sulfonamides is 1. The molecule has 3 aromatic rings. The van der Waals surface area contributed by atoms with Crippen molar-refractivity contribution in [3.05, 3.63) is 94.5 Å². The van der Waals surface area contributed by atoms with Gasteiger partial charge in [0, 0.05) is 23.4 Å². The fourth-order valence-electron chi connectivity index (χ4n) is 3.48. The first-order valence-corrected chi connectivity index (χ1v) is 11.0. The summed E-state index contributed by atoms with van der Waals surface area (Å²) in [6, 6.07) is 17.5. The van der Waals surface area contributed by atoms with Crippen LogP contribution in [0.15, 0.2) is 76.6 Å². The summed E-state index contributed by atoms with van der Waals surface area (Å²) in [4.78, 5) is 4.48. The maximum Gasteiger partial charge on any atom is 0.416 e. The summed E-state index contributed by atoms with van der Waals surface area (Å²) < 4.78 is 67.0. The summed E-state index contributed by atoms with van der Waals surface area (Å²) in [6.45, 7) is 0.338. The van der Waals surface area contributed by atoms with Gasteiger partial charge in [0.1, 0.15) is 0 Å². The Kier molecular flexibility index (Phi) is 5.48. The molecule has 0 saturated carbocycles. The normalized spacial score (nSPS) is 13.6. The first kappa shape index (κ1) is 21.6. The van der Waals surface area contributed by atoms with Crippen molar-refractivity contribution in [2.75, 3.05) is 11.3 Å². The molecule has 0 fully saturated rings. The zero-order chi connectivity index (χ0) is 22.9. The van der Waals surface area contributed by atoms with Gasteiger partial charge >= 0.3 is 6.18 Å². The predicted octanol–water partition coefficient (Wildman–Crippen LogP) is 4.77. The van der Waals surface area contributed by atoms with Crippen molar-refractivity contribution in [3.63, 3.8) is 0 Å². The lowest BCUT2D eigenvalue weighted by Crippen LogP contribution is -2.17. The van der Waals surface area contributed by atoms with Crippen molar-refractivity contribution in [2.24, 2.45) is 4.99 Å². The van der Waals surface area contributed by atoms with Crippen LogP contribution in [0.1, 0.15) is 27.8 Å². The number of anilines is 1. The standard InChI is InChI=1S/C23H16F3N3O2S/c24-23(25,26)18-6-9-21-16(12-18)10-11-28-22(21)17-2-1-3-19(13-17)29-32(30,31)20-7-4-15(14-27)5-8-20/h1-9,12-13,29H,10-11H2. The highest BCUT2D eigenvalue weighted by Crippen LogP contribution is 2.32. The number of halogens is 3. The van der Waals surface area contributed by atoms with E-state index in [1.807, 2.05) is 6.07 Å². The Morgan fingerprint density at radius 2 is 1.75 bits per heavy atom. The lowest BCUT2D eigenvalue weighted by atomic mass is 9.91. The molecule has 1 N–H and O–H groups in total. The number of alkyl halides is 3. The van der Waals surface area contributed by atoms with Gasteiger partial charge in [0.05, 0.1) is 27.8 Å². The molecule has 0 aromatic heterocycles. The molecule has 162 valence electrons. The van der Waals surface area contributed by atoms with Crippen LogP contribution in [0.4, 0.5) is 18.9 Å². The van der Waals surface area contributed by atoms with E-state index in [-0.39, 0.29) is 10.6 Å². The van der Waals surface area contributed by atoms with Crippen LogP contribution in [0, 0.1) is 11.3 Å². The predicted molar refractivity (Wildman–Crippen MR) is 114 cm³/mol. The fraction of sp³-hybridized carbons (Fsp3) is 0.130. The molecule has 5 nitrogen and oxygen atoms in total. The molecule has 3 aromatic carbocycles. The maximum atomic E-state index is 13.1. The minimum Gasteiger partial charge on any atom is -0.284 e. The first-order valence-electron chi connectivity index (χ1n) is 9.56. The molecule has 1 aliphatic heterocycles. The van der Waals surface area contributed by atoms with Gasteiger partial charge in [0.25, 0.3) is 10.0 Å². The minimum atomic E-state index is -4.42. The van der Waals surface area contributed by atoms with E-state index in [1.54, 1.807) is 24.3 Å². The Bertz CT molecular complexity index is 1360. The molecule has 1 heterocycles. The minimum absolute atomic E-state index is 0.00179. The maximum absolute atomic E-state index is 13.1. The monoisotopic (exact) mass is 455 g/mol. The second-order valence-electron chi connectivity index (χ2n) is 7.17. The molecule has 0 aliphatic carbocycles. The largest absolute Gasteiger partial charge is 0.416 e. The van der Waals surface area contributed by atoms with Gasteiger partial charge in [-0.1, -0.05) is 18.2 Å². The summed E-state index contributed by atoms with van der Waals surface area (Å²) >= 11 is 0. The first-order chi connectivity index (χ1) is 15.2. The molecule has 0 atom stereocenters. The van der Waals surface area contributed by atoms with Crippen LogP contribution in [0.25, 0.3) is 0 Å². The summed E-state index contributed by atoms with van der Waals surface area (Å²) in [5.74, 6) is 0. The van der Waals surface area contributed by atoms with Crippen LogP contribution < -0.4 is 4.72 Å². The van der Waals surface area contributed by atoms with Gasteiger partial charge in [0.15, 0.2) is 0 Å². The van der Waals surface area contributed by atoms with Gasteiger partial charge in [-0.05, 0) is 60.5 Å². The number of hydrogen-bond donors (Lipinski definition) is 1. The van der Waals surface area contributed by atoms with Crippen molar-refractivity contribution in [1.29, 1.82) is 5.26 Å². The van der Waals surface area contributed by atoms with Crippen LogP contribution >= 0.6 is 0 Å². The lowest BCUT2D eigenvalue weighted by molar-refractivity contribution is -0.137. The summed E-state index contributed by atoms with van der Waals surface area (Å²) in [7, 11) is -3.89. The van der Waals surface area contributed by atoms with Crippen molar-refractivity contribution < 1.29 is 21.6 Å². The third-order valence-corrected chi connectivity index (χ3v) is 6.42. The molecule has 1 aliphatic rings. The average molecular weight is 455 g/mol. The molecule has 0 saturated heterocycles. The third-order valence-electron chi connectivity index (χ3n) is 5.02. The van der Waals surface area contributed by atoms with E-state index in [9.17, 15) is 21.6 Å². The molecule has 0 spiro atoms. The van der Waals surface area contributed by atoms with E-state index in [4.69, 9.17) is 5.26 Å². The number of aliphatic imine (C=N–C) groups is 1. The van der Waals surface area contributed by atoms with Gasteiger partial charge < -0.3 is 0 Å². The Morgan fingerprint density at radius 1 is 1.00 bits per heavy atom. The van der Waals surface area contributed by atoms with Crippen LogP contribution in [-0.4, -0.2) is 20.7 Å². The number of rotatable bonds is 4. The van der Waals surface area contributed by atoms with Crippen LogP contribution in [-0.2, 0) is 22.6 Å². The van der Waals surface area contributed by atoms with Crippen molar-refractivity contribution in [2.45, 2.75) is 17.5 Å². The van der Waals surface area contributed by atoms with Gasteiger partial charge in [-0.25, -0.2) is 8.42 Å². The smallest absolute Gasteiger partial charge is 0.284 e. The number of nitriles is 1. The third kappa shape index (κ3) is 4.36. The van der Waals surface area contributed by atoms with Crippen LogP contribution in [0.3, 0.4) is 0 Å². The highest BCUT2D eigenvalue weighted by atomic mass is 32.2. The van der Waals surface area contributed by atoms with E-state index in [0.717, 1.165) is 12.1 Å². The number of hydrogen-bond acceptors (Lipinski definition) is 4. The lowest BCUT2D eigenvalue weighted by Gasteiger charge is -2.19. The quantitative estimate of drug-likeness (QED) is 0.615. The number of nitrogens with one attached hydrogen (secondary N) is 1. The second kappa shape index (κ2) is 8.13. The second-order valence-corrected chi connectivity index (χ2v) is 8.85. The highest BCUT2D eigenvalue weighted by Gasteiger charge is 2.31. The zero-order valence-electron chi connectivity index (χ0n) is 16.5. The van der Waals surface area contributed by atoms with Crippen molar-refractivity contribution >= 4 is 21.4 Å². The molecule has 0 radical (unpaired) electrons. The SMILES string of the molecule is N#Cc1ccc(S(=O)(=O)Nc2cccc(C3=NCCc4cc(C(F)(F)F)ccc43)c2)cc1. The van der Waals surface area contributed by atoms with Crippen LogP contribution in [0.2, 0.25) is 0 Å². The van der Waals surface area contributed by atoms with Gasteiger partial charge in [-0.2, -0.15) is 18.4 Å². The number of fused-ring (bicyclic) bond motifs is 1. The molecule has 0 bridgehead atoms. The zero-order valence-corrected chi connectivity index (χ0v) is 17.3. The van der Waals surface area contributed by atoms with E-state index in [1.165, 1.54) is 30.3 Å². The van der Waals surface area contributed by atoms with E-state index in [0.29, 0.717) is 40.9 Å². The average Bonchev–Trinajstić information content (AvgIpc) is 2.77. The highest BCUT2D eigenvalue weighted by molar-refractivity contribution is 7.92. The fourth-order valence-corrected chi connectivity index (χ4v) is 4.53. The molecule has 4 rings (SSSR count). The summed E-state index contributed by atoms with van der Waals surface area (Å²) in [6.07, 6.45) is -4.03. The Morgan fingerprint density at radius 3 is 2.44 bits per heavy atom. The molecule has 9 heteroatoms. The van der Waals surface area contributed by atoms with Gasteiger partial charge in [0.2, 0.25) is 0 Å². The van der Waals surface area contributed by atoms with E-state index in [2.05, 4.69) is 9.71 Å². The van der Waals surface area contributed by atoms with Crippen molar-refractivity contribution in [3.8, 4) is 6.07 Å². The molecular formula is C23H16F3N3O2S. The van der Waals surface area contributed by atoms with E-state index >= 15 is 0 Å². The van der Waals surface area contributed by atoms with Gasteiger partial charge in [-0.3, -0.25) is 9.71 Å². The molecular weight excluding hydrogens is 439 g/mol. The van der Waals surface area contributed by atoms with E-state index < -0.39 is 21.8 Å². The number of benzene rings is 3. The summed E-state index contributed by atoms with van der Waals surface area (Å²) in [5, 5.41) is 8.86. The van der Waals surface area contributed by atoms with Crippen LogP contribution in [0.5, 0.6) is 0 Å². The Hall–Kier alpha value is -3.64. The molecule has 32 heavy (non-hydrogen) atoms. The van der Waals surface area contributed by atoms with Gasteiger partial charge in [-0.15, -0.1) is 0 Å². The molecule has 0 unspecified atom stereocenters.